The van der Waals surface area contributed by atoms with E-state index in [0.29, 0.717) is 17.2 Å². The number of rotatable bonds is 13. The molecule has 0 amide bonds. The van der Waals surface area contributed by atoms with E-state index in [-0.39, 0.29) is 17.1 Å². The number of benzene rings is 3. The molecule has 258 valence electrons. The van der Waals surface area contributed by atoms with Crippen molar-refractivity contribution in [3.05, 3.63) is 103 Å². The summed E-state index contributed by atoms with van der Waals surface area (Å²) in [5, 5.41) is 1.83. The molecule has 0 aliphatic carbocycles. The fourth-order valence-electron chi connectivity index (χ4n) is 6.67. The summed E-state index contributed by atoms with van der Waals surface area (Å²) < 4.78 is 75.0. The number of aromatic nitrogens is 4. The Balaban J connectivity index is 1.59. The predicted molar refractivity (Wildman–Crippen MR) is 189 cm³/mol. The van der Waals surface area contributed by atoms with Gasteiger partial charge in [-0.1, -0.05) is 108 Å². The summed E-state index contributed by atoms with van der Waals surface area (Å²) in [5.41, 5.74) is 6.50. The van der Waals surface area contributed by atoms with Gasteiger partial charge in [0.1, 0.15) is 36.0 Å². The topological polar surface area (TPSA) is 166 Å². The van der Waals surface area contributed by atoms with Crippen LogP contribution in [-0.4, -0.2) is 68.6 Å². The van der Waals surface area contributed by atoms with Gasteiger partial charge in [-0.2, -0.15) is 16.8 Å². The van der Waals surface area contributed by atoms with Crippen molar-refractivity contribution in [2.45, 2.75) is 68.2 Å². The summed E-state index contributed by atoms with van der Waals surface area (Å²) in [6.45, 7) is 3.94. The van der Waals surface area contributed by atoms with Gasteiger partial charge >= 0.3 is 0 Å². The molecule has 6 rings (SSSR count). The molecule has 2 aromatic heterocycles. The molecule has 1 saturated heterocycles. The molecular formula is C34H39N5O7S2Si. The van der Waals surface area contributed by atoms with Crippen LogP contribution in [0, 0.1) is 6.92 Å². The molecule has 0 saturated carbocycles. The van der Waals surface area contributed by atoms with Crippen molar-refractivity contribution in [2.75, 3.05) is 12.0 Å². The van der Waals surface area contributed by atoms with Crippen LogP contribution in [0.2, 0.25) is 6.04 Å². The normalized spacial score (nSPS) is 19.3. The Bertz CT molecular complexity index is 2080. The highest BCUT2D eigenvalue weighted by Gasteiger charge is 2.57. The monoisotopic (exact) mass is 721 g/mol. The van der Waals surface area contributed by atoms with E-state index in [1.807, 2.05) is 67.6 Å². The Morgan fingerprint density at radius 1 is 0.939 bits per heavy atom. The highest BCUT2D eigenvalue weighted by molar-refractivity contribution is 7.87. The lowest BCUT2D eigenvalue weighted by atomic mass is 10.2. The van der Waals surface area contributed by atoms with Gasteiger partial charge in [0.15, 0.2) is 19.5 Å². The smallest absolute Gasteiger partial charge is 0.297 e. The molecule has 3 heterocycles. The van der Waals surface area contributed by atoms with Crippen LogP contribution in [0.3, 0.4) is 0 Å². The molecular weight excluding hydrogens is 683 g/mol. The van der Waals surface area contributed by atoms with Crippen molar-refractivity contribution in [1.29, 1.82) is 0 Å². The molecule has 2 N–H and O–H groups in total. The number of imidazole rings is 1. The summed E-state index contributed by atoms with van der Waals surface area (Å²) in [6, 6.07) is 26.5. The molecule has 15 heteroatoms. The number of nitrogens with two attached hydrogens (primary N) is 1. The second-order valence-corrected chi connectivity index (χ2v) is 19.6. The van der Waals surface area contributed by atoms with Crippen molar-refractivity contribution in [3.8, 4) is 0 Å². The second-order valence-electron chi connectivity index (χ2n) is 12.3. The zero-order valence-corrected chi connectivity index (χ0v) is 30.0. The van der Waals surface area contributed by atoms with E-state index >= 15 is 0 Å². The van der Waals surface area contributed by atoms with Crippen molar-refractivity contribution in [2.24, 2.45) is 0 Å². The Morgan fingerprint density at radius 2 is 1.57 bits per heavy atom. The Kier molecular flexibility index (Phi) is 10.0. The molecule has 12 nitrogen and oxygen atoms in total. The minimum absolute atomic E-state index is 0.0227. The molecule has 0 bridgehead atoms. The number of anilines is 1. The average molecular weight is 722 g/mol. The number of hydrogen-bond acceptors (Lipinski definition) is 11. The fourth-order valence-corrected chi connectivity index (χ4v) is 14.5. The Morgan fingerprint density at radius 3 is 2.16 bits per heavy atom. The number of unbranched alkanes of at least 4 members (excludes halogenated alkanes) is 1. The maximum Gasteiger partial charge on any atom is 0.297 e. The van der Waals surface area contributed by atoms with E-state index in [4.69, 9.17) is 18.8 Å². The molecule has 5 aromatic rings. The van der Waals surface area contributed by atoms with E-state index in [1.165, 1.54) is 24.8 Å². The van der Waals surface area contributed by atoms with Gasteiger partial charge in [0.05, 0.1) is 17.5 Å². The van der Waals surface area contributed by atoms with Crippen molar-refractivity contribution in [1.82, 2.24) is 19.5 Å². The maximum atomic E-state index is 14.3. The fraction of sp³-hybridized carbons (Fsp3) is 0.324. The van der Waals surface area contributed by atoms with Crippen LogP contribution in [0.15, 0.2) is 102 Å². The zero-order chi connectivity index (χ0) is 34.8. The first-order chi connectivity index (χ1) is 23.4. The summed E-state index contributed by atoms with van der Waals surface area (Å²) >= 11 is 0. The van der Waals surface area contributed by atoms with Gasteiger partial charge in [0, 0.05) is 6.42 Å². The lowest BCUT2D eigenvalue weighted by Crippen LogP contribution is -2.71. The zero-order valence-electron chi connectivity index (χ0n) is 27.4. The molecule has 0 radical (unpaired) electrons. The van der Waals surface area contributed by atoms with E-state index in [1.54, 1.807) is 16.7 Å². The molecule has 3 aromatic carbocycles. The third-order valence-electron chi connectivity index (χ3n) is 8.94. The molecule has 1 aliphatic heterocycles. The highest BCUT2D eigenvalue weighted by atomic mass is 32.2. The quantitative estimate of drug-likeness (QED) is 0.139. The molecule has 1 unspecified atom stereocenters. The minimum Gasteiger partial charge on any atom is -0.382 e. The summed E-state index contributed by atoms with van der Waals surface area (Å²) in [6.07, 6.45) is 2.22. The first-order valence-corrected chi connectivity index (χ1v) is 21.5. The minimum atomic E-state index is -4.42. The first kappa shape index (κ1) is 34.9. The van der Waals surface area contributed by atoms with Crippen molar-refractivity contribution >= 4 is 55.7 Å². The number of nitrogen functional groups attached to an aromatic ring is 1. The van der Waals surface area contributed by atoms with Crippen molar-refractivity contribution < 1.29 is 29.9 Å². The molecule has 49 heavy (non-hydrogen) atoms. The van der Waals surface area contributed by atoms with Gasteiger partial charge in [0.25, 0.3) is 20.2 Å². The largest absolute Gasteiger partial charge is 0.382 e. The van der Waals surface area contributed by atoms with Crippen LogP contribution in [0.4, 0.5) is 5.82 Å². The van der Waals surface area contributed by atoms with Gasteiger partial charge < -0.3 is 10.5 Å². The first-order valence-electron chi connectivity index (χ1n) is 16.0. The van der Waals surface area contributed by atoms with E-state index in [9.17, 15) is 16.8 Å². The molecule has 4 atom stereocenters. The number of ether oxygens (including phenoxy) is 1. The van der Waals surface area contributed by atoms with Crippen LogP contribution in [-0.2, 0) is 33.3 Å². The van der Waals surface area contributed by atoms with E-state index < -0.39 is 52.5 Å². The number of nitrogens with zero attached hydrogens (tertiary/aromatic N) is 4. The second kappa shape index (κ2) is 14.1. The van der Waals surface area contributed by atoms with Gasteiger partial charge in [-0.05, 0) is 25.1 Å². The lowest BCUT2D eigenvalue weighted by Gasteiger charge is -2.42. The third-order valence-corrected chi connectivity index (χ3v) is 16.3. The Hall–Kier alpha value is -3.99. The molecule has 1 aliphatic rings. The van der Waals surface area contributed by atoms with Gasteiger partial charge in [0.2, 0.25) is 0 Å². The van der Waals surface area contributed by atoms with Crippen LogP contribution < -0.4 is 16.1 Å². The maximum absolute atomic E-state index is 14.3. The number of fused-ring (bicyclic) bond motifs is 1. The lowest BCUT2D eigenvalue weighted by molar-refractivity contribution is -0.0464. The molecule has 1 fully saturated rings. The predicted octanol–water partition coefficient (Wildman–Crippen LogP) is 3.73. The Labute approximate surface area is 287 Å². The summed E-state index contributed by atoms with van der Waals surface area (Å²) in [4.78, 5) is 12.7. The van der Waals surface area contributed by atoms with Crippen LogP contribution in [0.5, 0.6) is 0 Å². The van der Waals surface area contributed by atoms with Crippen LogP contribution >= 0.6 is 0 Å². The number of hydrogen-bond donors (Lipinski definition) is 1. The van der Waals surface area contributed by atoms with Crippen LogP contribution in [0.25, 0.3) is 11.2 Å². The highest BCUT2D eigenvalue weighted by Crippen LogP contribution is 2.40. The number of aryl methyl sites for hydroxylation is 1. The van der Waals surface area contributed by atoms with Crippen LogP contribution in [0.1, 0.15) is 38.0 Å². The standard InChI is InChI=1S/C34H39N5O7S2Si/c1-4-5-20-49(26-12-8-6-9-13-26,27-14-10-7-11-15-27)34(46-48(42,43)25-18-16-24(2)17-19-25)31-28(45-47(3,40)41)21-29(44-31)39-23-38-30-32(35)36-22-37-33(30)39/h6-19,22-23,28-29,31,34H,4-5,20-21H2,1-3H3,(H2,35,36,37)/t28-,29+,31-,34?/m0/s1. The van der Waals surface area contributed by atoms with E-state index in [2.05, 4.69) is 21.9 Å². The van der Waals surface area contributed by atoms with Gasteiger partial charge in [-0.3, -0.25) is 12.9 Å². The third kappa shape index (κ3) is 7.18. The van der Waals surface area contributed by atoms with Gasteiger partial charge in [-0.25, -0.2) is 15.0 Å². The van der Waals surface area contributed by atoms with E-state index in [0.717, 1.165) is 35.0 Å². The SMILES string of the molecule is CCCC[Si](c1ccccc1)(c1ccccc1)C(OS(=O)(=O)c1ccc(C)cc1)[C@H]1O[C@@H](n2cnc3c(N)ncnc32)C[C@@H]1OS(C)(=O)=O. The van der Waals surface area contributed by atoms with Crippen molar-refractivity contribution in [3.63, 3.8) is 0 Å². The molecule has 0 spiro atoms. The summed E-state index contributed by atoms with van der Waals surface area (Å²) in [7, 11) is -11.9. The summed E-state index contributed by atoms with van der Waals surface area (Å²) in [5.74, 6) is 0.173. The van der Waals surface area contributed by atoms with Gasteiger partial charge in [-0.15, -0.1) is 0 Å². The average Bonchev–Trinajstić information content (AvgIpc) is 3.70.